The van der Waals surface area contributed by atoms with Crippen molar-refractivity contribution in [1.82, 2.24) is 5.32 Å². The van der Waals surface area contributed by atoms with E-state index in [-0.39, 0.29) is 24.3 Å². The summed E-state index contributed by atoms with van der Waals surface area (Å²) in [6.07, 6.45) is 8.11. The van der Waals surface area contributed by atoms with E-state index in [1.807, 2.05) is 0 Å². The molecule has 1 atom stereocenters. The predicted octanol–water partition coefficient (Wildman–Crippen LogP) is 2.28. The Hall–Kier alpha value is -0.280. The largest absolute Gasteiger partial charge is 0.465 e. The van der Waals surface area contributed by atoms with Crippen LogP contribution in [0.5, 0.6) is 0 Å². The van der Waals surface area contributed by atoms with Crippen molar-refractivity contribution < 1.29 is 9.53 Å². The molecule has 0 aromatic rings. The predicted molar refractivity (Wildman–Crippen MR) is 65.8 cm³/mol. The number of hydrogen-bond donors (Lipinski definition) is 1. The minimum Gasteiger partial charge on any atom is -0.465 e. The van der Waals surface area contributed by atoms with Gasteiger partial charge in [-0.1, -0.05) is 12.8 Å². The van der Waals surface area contributed by atoms with Crippen LogP contribution >= 0.6 is 12.4 Å². The number of carbonyl (C=O) groups excluding carboxylic acids is 1. The first-order valence-electron chi connectivity index (χ1n) is 6.26. The molecule has 0 radical (unpaired) electrons. The molecule has 1 heterocycles. The Bertz CT molecular complexity index is 213. The van der Waals surface area contributed by atoms with Gasteiger partial charge in [-0.05, 0) is 38.6 Å². The van der Waals surface area contributed by atoms with Crippen molar-refractivity contribution in [2.75, 3.05) is 13.2 Å². The van der Waals surface area contributed by atoms with E-state index in [1.54, 1.807) is 0 Å². The number of hydrogen-bond acceptors (Lipinski definition) is 3. The molecule has 0 bridgehead atoms. The van der Waals surface area contributed by atoms with Crippen molar-refractivity contribution in [2.45, 2.75) is 51.0 Å². The van der Waals surface area contributed by atoms with Crippen LogP contribution in [-0.2, 0) is 9.53 Å². The van der Waals surface area contributed by atoms with Gasteiger partial charge >= 0.3 is 5.97 Å². The van der Waals surface area contributed by atoms with Crippen molar-refractivity contribution in [3.8, 4) is 0 Å². The molecule has 1 aliphatic carbocycles. The number of halogens is 1. The third-order valence-electron chi connectivity index (χ3n) is 3.56. The topological polar surface area (TPSA) is 38.3 Å². The van der Waals surface area contributed by atoms with Gasteiger partial charge in [0.2, 0.25) is 0 Å². The summed E-state index contributed by atoms with van der Waals surface area (Å²) in [4.78, 5) is 11.4. The van der Waals surface area contributed by atoms with Gasteiger partial charge in [0, 0.05) is 6.04 Å². The molecule has 1 saturated heterocycles. The highest BCUT2D eigenvalue weighted by molar-refractivity contribution is 5.85. The van der Waals surface area contributed by atoms with Crippen LogP contribution in [0.3, 0.4) is 0 Å². The maximum atomic E-state index is 11.4. The summed E-state index contributed by atoms with van der Waals surface area (Å²) >= 11 is 0. The third kappa shape index (κ3) is 3.95. The van der Waals surface area contributed by atoms with Gasteiger partial charge in [0.25, 0.3) is 0 Å². The van der Waals surface area contributed by atoms with Crippen LogP contribution in [0.15, 0.2) is 0 Å². The summed E-state index contributed by atoms with van der Waals surface area (Å²) in [5, 5.41) is 3.46. The second-order valence-electron chi connectivity index (χ2n) is 4.73. The number of esters is 1. The Labute approximate surface area is 104 Å². The van der Waals surface area contributed by atoms with Crippen LogP contribution in [-0.4, -0.2) is 25.2 Å². The second-order valence-corrected chi connectivity index (χ2v) is 4.73. The summed E-state index contributed by atoms with van der Waals surface area (Å²) in [7, 11) is 0. The molecule has 4 heteroatoms. The van der Waals surface area contributed by atoms with Gasteiger partial charge in [0.15, 0.2) is 0 Å². The van der Waals surface area contributed by atoms with E-state index >= 15 is 0 Å². The zero-order valence-corrected chi connectivity index (χ0v) is 10.6. The average molecular weight is 248 g/mol. The van der Waals surface area contributed by atoms with E-state index in [4.69, 9.17) is 4.74 Å². The molecule has 2 rings (SSSR count). The first-order chi connectivity index (χ1) is 7.36. The summed E-state index contributed by atoms with van der Waals surface area (Å²) < 4.78 is 5.27. The lowest BCUT2D eigenvalue weighted by Gasteiger charge is -2.25. The summed E-state index contributed by atoms with van der Waals surface area (Å²) in [5.74, 6) is 0.265. The molecule has 3 nitrogen and oxygen atoms in total. The third-order valence-corrected chi connectivity index (χ3v) is 3.56. The zero-order chi connectivity index (χ0) is 10.5. The van der Waals surface area contributed by atoms with Gasteiger partial charge in [-0.3, -0.25) is 4.79 Å². The molecule has 0 spiro atoms. The molecule has 94 valence electrons. The minimum absolute atomic E-state index is 0. The molecule has 2 aliphatic rings. The van der Waals surface area contributed by atoms with Gasteiger partial charge < -0.3 is 10.1 Å². The van der Waals surface area contributed by atoms with E-state index in [9.17, 15) is 4.79 Å². The van der Waals surface area contributed by atoms with E-state index in [2.05, 4.69) is 5.32 Å². The van der Waals surface area contributed by atoms with Gasteiger partial charge in [-0.2, -0.15) is 0 Å². The second kappa shape index (κ2) is 7.13. The van der Waals surface area contributed by atoms with Crippen LogP contribution in [0.4, 0.5) is 0 Å². The fourth-order valence-electron chi connectivity index (χ4n) is 2.23. The number of carbonyl (C=O) groups is 1. The van der Waals surface area contributed by atoms with Crippen LogP contribution in [0.1, 0.15) is 44.9 Å². The van der Waals surface area contributed by atoms with Crippen molar-refractivity contribution in [2.24, 2.45) is 5.92 Å². The average Bonchev–Trinajstić information content (AvgIpc) is 2.16. The smallest absolute Gasteiger partial charge is 0.308 e. The quantitative estimate of drug-likeness (QED) is 0.775. The van der Waals surface area contributed by atoms with E-state index in [1.165, 1.54) is 25.7 Å². The van der Waals surface area contributed by atoms with Gasteiger partial charge in [0.1, 0.15) is 0 Å². The molecule has 0 amide bonds. The highest BCUT2D eigenvalue weighted by Gasteiger charge is 2.26. The maximum Gasteiger partial charge on any atom is 0.308 e. The monoisotopic (exact) mass is 247 g/mol. The molecular weight excluding hydrogens is 226 g/mol. The summed E-state index contributed by atoms with van der Waals surface area (Å²) in [5.41, 5.74) is 0. The zero-order valence-electron chi connectivity index (χ0n) is 9.74. The van der Waals surface area contributed by atoms with Crippen LogP contribution in [0, 0.1) is 5.92 Å². The van der Waals surface area contributed by atoms with Crippen molar-refractivity contribution >= 4 is 18.4 Å². The fourth-order valence-corrected chi connectivity index (χ4v) is 2.23. The van der Waals surface area contributed by atoms with E-state index < -0.39 is 0 Å². The Kier molecular flexibility index (Phi) is 6.14. The number of ether oxygens (including phenoxy) is 1. The Morgan fingerprint density at radius 3 is 2.56 bits per heavy atom. The minimum atomic E-state index is 0. The molecule has 16 heavy (non-hydrogen) atoms. The SMILES string of the molecule is Cl.O=C(OCCC1CCCCN1)C1CCC1. The van der Waals surface area contributed by atoms with Gasteiger partial charge in [-0.25, -0.2) is 0 Å². The Balaban J connectivity index is 0.00000128. The van der Waals surface area contributed by atoms with Crippen LogP contribution < -0.4 is 5.32 Å². The highest BCUT2D eigenvalue weighted by Crippen LogP contribution is 2.27. The molecule has 1 N–H and O–H groups in total. The van der Waals surface area contributed by atoms with Gasteiger partial charge in [-0.15, -0.1) is 12.4 Å². The number of nitrogens with one attached hydrogen (secondary N) is 1. The van der Waals surface area contributed by atoms with E-state index in [0.29, 0.717) is 12.6 Å². The molecule has 0 aromatic carbocycles. The van der Waals surface area contributed by atoms with Crippen molar-refractivity contribution in [3.63, 3.8) is 0 Å². The van der Waals surface area contributed by atoms with Crippen LogP contribution in [0.2, 0.25) is 0 Å². The lowest BCUT2D eigenvalue weighted by molar-refractivity contribution is -0.151. The molecule has 1 unspecified atom stereocenters. The van der Waals surface area contributed by atoms with Crippen molar-refractivity contribution in [3.05, 3.63) is 0 Å². The number of piperidine rings is 1. The summed E-state index contributed by atoms with van der Waals surface area (Å²) in [6.45, 7) is 1.73. The lowest BCUT2D eigenvalue weighted by Crippen LogP contribution is -2.35. The molecule has 0 aromatic heterocycles. The highest BCUT2D eigenvalue weighted by atomic mass is 35.5. The first-order valence-corrected chi connectivity index (χ1v) is 6.26. The van der Waals surface area contributed by atoms with E-state index in [0.717, 1.165) is 25.8 Å². The number of rotatable bonds is 4. The summed E-state index contributed by atoms with van der Waals surface area (Å²) in [6, 6.07) is 0.577. The van der Waals surface area contributed by atoms with Gasteiger partial charge in [0.05, 0.1) is 12.5 Å². The molecule has 2 fully saturated rings. The normalized spacial score (nSPS) is 25.4. The van der Waals surface area contributed by atoms with Crippen LogP contribution in [0.25, 0.3) is 0 Å². The molecule has 1 saturated carbocycles. The van der Waals surface area contributed by atoms with Crippen molar-refractivity contribution in [1.29, 1.82) is 0 Å². The fraction of sp³-hybridized carbons (Fsp3) is 0.917. The molecule has 1 aliphatic heterocycles. The molecular formula is C12H22ClNO2. The lowest BCUT2D eigenvalue weighted by atomic mass is 9.86. The Morgan fingerprint density at radius 1 is 1.19 bits per heavy atom. The Morgan fingerprint density at radius 2 is 2.00 bits per heavy atom. The first kappa shape index (κ1) is 13.8. The standard InChI is InChI=1S/C12H21NO2.ClH/c14-12(10-4-3-5-10)15-9-7-11-6-1-2-8-13-11;/h10-11,13H,1-9H2;1H. The maximum absolute atomic E-state index is 11.4.